The van der Waals surface area contributed by atoms with Crippen LogP contribution in [0, 0.1) is 0 Å². The standard InChI is InChI=1S/C17H26ClN5O/c1-13-6-2-3-8-22(13)11-7-19-16(24)15-14(18)12-20-17(21-15)23-9-4-5-10-23/h12-13H,2-11H2,1H3,(H,19,24). The Morgan fingerprint density at radius 1 is 1.29 bits per heavy atom. The molecule has 2 saturated heterocycles. The number of hydrogen-bond acceptors (Lipinski definition) is 5. The number of amides is 1. The van der Waals surface area contributed by atoms with Crippen molar-refractivity contribution in [3.63, 3.8) is 0 Å². The molecule has 2 fully saturated rings. The minimum atomic E-state index is -0.215. The van der Waals surface area contributed by atoms with Crippen LogP contribution in [0.4, 0.5) is 5.95 Å². The third kappa shape index (κ3) is 4.16. The Hall–Kier alpha value is -1.40. The number of rotatable bonds is 5. The van der Waals surface area contributed by atoms with E-state index >= 15 is 0 Å². The van der Waals surface area contributed by atoms with E-state index in [2.05, 4.69) is 32.0 Å². The zero-order valence-corrected chi connectivity index (χ0v) is 15.1. The summed E-state index contributed by atoms with van der Waals surface area (Å²) in [7, 11) is 0. The molecule has 1 atom stereocenters. The largest absolute Gasteiger partial charge is 0.349 e. The molecular weight excluding hydrogens is 326 g/mol. The van der Waals surface area contributed by atoms with Gasteiger partial charge in [0.2, 0.25) is 5.95 Å². The SMILES string of the molecule is CC1CCCCN1CCNC(=O)c1nc(N2CCCC2)ncc1Cl. The van der Waals surface area contributed by atoms with Crippen molar-refractivity contribution in [1.29, 1.82) is 0 Å². The van der Waals surface area contributed by atoms with Gasteiger partial charge in [-0.05, 0) is 39.2 Å². The molecular formula is C17H26ClN5O. The Labute approximate surface area is 148 Å². The Morgan fingerprint density at radius 3 is 2.79 bits per heavy atom. The van der Waals surface area contributed by atoms with Gasteiger partial charge in [0.25, 0.3) is 5.91 Å². The van der Waals surface area contributed by atoms with Gasteiger partial charge in [0.1, 0.15) is 0 Å². The van der Waals surface area contributed by atoms with Crippen molar-refractivity contribution in [2.45, 2.75) is 45.1 Å². The number of piperidine rings is 1. The predicted molar refractivity (Wildman–Crippen MR) is 95.7 cm³/mol. The topological polar surface area (TPSA) is 61.4 Å². The van der Waals surface area contributed by atoms with Crippen molar-refractivity contribution in [1.82, 2.24) is 20.2 Å². The van der Waals surface area contributed by atoms with E-state index in [1.54, 1.807) is 0 Å². The zero-order chi connectivity index (χ0) is 16.9. The van der Waals surface area contributed by atoms with Crippen molar-refractivity contribution in [3.8, 4) is 0 Å². The summed E-state index contributed by atoms with van der Waals surface area (Å²) in [5.74, 6) is 0.388. The van der Waals surface area contributed by atoms with E-state index in [-0.39, 0.29) is 11.6 Å². The van der Waals surface area contributed by atoms with E-state index < -0.39 is 0 Å². The second-order valence-corrected chi connectivity index (χ2v) is 7.10. The summed E-state index contributed by atoms with van der Waals surface area (Å²) in [6.45, 7) is 6.73. The first-order valence-electron chi connectivity index (χ1n) is 8.95. The van der Waals surface area contributed by atoms with Gasteiger partial charge in [0.05, 0.1) is 11.2 Å². The van der Waals surface area contributed by atoms with Gasteiger partial charge in [-0.15, -0.1) is 0 Å². The van der Waals surface area contributed by atoms with E-state index in [0.29, 0.717) is 23.6 Å². The Morgan fingerprint density at radius 2 is 2.04 bits per heavy atom. The van der Waals surface area contributed by atoms with Crippen LogP contribution in [0.1, 0.15) is 49.5 Å². The van der Waals surface area contributed by atoms with Gasteiger partial charge in [-0.2, -0.15) is 0 Å². The summed E-state index contributed by atoms with van der Waals surface area (Å²) in [5, 5.41) is 3.26. The molecule has 2 aliphatic heterocycles. The average Bonchev–Trinajstić information content (AvgIpc) is 3.11. The molecule has 24 heavy (non-hydrogen) atoms. The van der Waals surface area contributed by atoms with Crippen molar-refractivity contribution in [3.05, 3.63) is 16.9 Å². The molecule has 0 aliphatic carbocycles. The fraction of sp³-hybridized carbons (Fsp3) is 0.706. The van der Waals surface area contributed by atoms with Crippen LogP contribution in [0.25, 0.3) is 0 Å². The Balaban J connectivity index is 1.56. The fourth-order valence-corrected chi connectivity index (χ4v) is 3.65. The van der Waals surface area contributed by atoms with E-state index in [4.69, 9.17) is 11.6 Å². The highest BCUT2D eigenvalue weighted by Gasteiger charge is 2.21. The number of nitrogens with zero attached hydrogens (tertiary/aromatic N) is 4. The van der Waals surface area contributed by atoms with Gasteiger partial charge in [0.15, 0.2) is 5.69 Å². The number of carbonyl (C=O) groups is 1. The molecule has 3 heterocycles. The molecule has 1 amide bonds. The Bertz CT molecular complexity index is 576. The molecule has 1 aromatic rings. The van der Waals surface area contributed by atoms with Gasteiger partial charge in [-0.25, -0.2) is 9.97 Å². The molecule has 3 rings (SSSR count). The monoisotopic (exact) mass is 351 g/mol. The molecule has 7 heteroatoms. The number of halogens is 1. The van der Waals surface area contributed by atoms with Crippen LogP contribution < -0.4 is 10.2 Å². The number of nitrogens with one attached hydrogen (secondary N) is 1. The summed E-state index contributed by atoms with van der Waals surface area (Å²) in [5.41, 5.74) is 0.278. The number of likely N-dealkylation sites (tertiary alicyclic amines) is 1. The van der Waals surface area contributed by atoms with E-state index in [1.807, 2.05) is 0 Å². The smallest absolute Gasteiger partial charge is 0.271 e. The lowest BCUT2D eigenvalue weighted by Gasteiger charge is -2.33. The average molecular weight is 352 g/mol. The fourth-order valence-electron chi connectivity index (χ4n) is 3.47. The third-order valence-corrected chi connectivity index (χ3v) is 5.24. The van der Waals surface area contributed by atoms with Crippen LogP contribution in [0.5, 0.6) is 0 Å². The van der Waals surface area contributed by atoms with Crippen LogP contribution in [-0.2, 0) is 0 Å². The number of carbonyl (C=O) groups excluding carboxylic acids is 1. The molecule has 0 aromatic carbocycles. The predicted octanol–water partition coefficient (Wildman–Crippen LogP) is 2.33. The normalized spacial score (nSPS) is 21.9. The highest BCUT2D eigenvalue weighted by Crippen LogP contribution is 2.20. The maximum absolute atomic E-state index is 12.4. The van der Waals surface area contributed by atoms with Crippen molar-refractivity contribution < 1.29 is 4.79 Å². The number of aromatic nitrogens is 2. The quantitative estimate of drug-likeness (QED) is 0.882. The summed E-state index contributed by atoms with van der Waals surface area (Å²) < 4.78 is 0. The molecule has 1 aromatic heterocycles. The maximum Gasteiger partial charge on any atom is 0.271 e. The maximum atomic E-state index is 12.4. The lowest BCUT2D eigenvalue weighted by Crippen LogP contribution is -2.42. The van der Waals surface area contributed by atoms with Gasteiger partial charge in [-0.3, -0.25) is 9.69 Å². The zero-order valence-electron chi connectivity index (χ0n) is 14.3. The van der Waals surface area contributed by atoms with E-state index in [9.17, 15) is 4.79 Å². The molecule has 2 aliphatic rings. The number of anilines is 1. The highest BCUT2D eigenvalue weighted by molar-refractivity contribution is 6.33. The molecule has 0 radical (unpaired) electrons. The molecule has 0 bridgehead atoms. The summed E-state index contributed by atoms with van der Waals surface area (Å²) >= 11 is 6.13. The van der Waals surface area contributed by atoms with Gasteiger partial charge in [0, 0.05) is 32.2 Å². The van der Waals surface area contributed by atoms with Crippen molar-refractivity contribution >= 4 is 23.5 Å². The van der Waals surface area contributed by atoms with Crippen LogP contribution in [0.15, 0.2) is 6.20 Å². The number of hydrogen-bond donors (Lipinski definition) is 1. The first-order chi connectivity index (χ1) is 11.6. The molecule has 0 saturated carbocycles. The second kappa shape index (κ2) is 8.12. The molecule has 132 valence electrons. The summed E-state index contributed by atoms with van der Waals surface area (Å²) in [4.78, 5) is 25.6. The third-order valence-electron chi connectivity index (χ3n) is 4.96. The van der Waals surface area contributed by atoms with E-state index in [1.165, 1.54) is 25.5 Å². The second-order valence-electron chi connectivity index (χ2n) is 6.70. The minimum Gasteiger partial charge on any atom is -0.349 e. The van der Waals surface area contributed by atoms with E-state index in [0.717, 1.165) is 39.0 Å². The minimum absolute atomic E-state index is 0.215. The van der Waals surface area contributed by atoms with Gasteiger partial charge < -0.3 is 10.2 Å². The Kier molecular flexibility index (Phi) is 5.89. The lowest BCUT2D eigenvalue weighted by atomic mass is 10.0. The summed E-state index contributed by atoms with van der Waals surface area (Å²) in [6, 6.07) is 0.597. The van der Waals surface area contributed by atoms with Crippen LogP contribution >= 0.6 is 11.6 Å². The lowest BCUT2D eigenvalue weighted by molar-refractivity contribution is 0.0933. The molecule has 1 N–H and O–H groups in total. The van der Waals surface area contributed by atoms with Crippen LogP contribution in [-0.4, -0.2) is 59.5 Å². The van der Waals surface area contributed by atoms with Crippen molar-refractivity contribution in [2.75, 3.05) is 37.6 Å². The first-order valence-corrected chi connectivity index (χ1v) is 9.32. The highest BCUT2D eigenvalue weighted by atomic mass is 35.5. The van der Waals surface area contributed by atoms with Gasteiger partial charge in [-0.1, -0.05) is 18.0 Å². The first kappa shape index (κ1) is 17.4. The summed E-state index contributed by atoms with van der Waals surface area (Å²) in [6.07, 6.45) is 7.60. The van der Waals surface area contributed by atoms with Crippen molar-refractivity contribution in [2.24, 2.45) is 0 Å². The molecule has 0 spiro atoms. The van der Waals surface area contributed by atoms with Crippen LogP contribution in [0.3, 0.4) is 0 Å². The van der Waals surface area contributed by atoms with Crippen LogP contribution in [0.2, 0.25) is 5.02 Å². The molecule has 6 nitrogen and oxygen atoms in total. The van der Waals surface area contributed by atoms with Gasteiger partial charge >= 0.3 is 0 Å². The molecule has 1 unspecified atom stereocenters.